The number of hydrogen-bond acceptors (Lipinski definition) is 5. The molecule has 0 radical (unpaired) electrons. The fourth-order valence-electron chi connectivity index (χ4n) is 1.99. The Bertz CT molecular complexity index is 643. The largest absolute Gasteiger partial charge is 0.497 e. The summed E-state index contributed by atoms with van der Waals surface area (Å²) in [6.45, 7) is 6.31. The van der Waals surface area contributed by atoms with Crippen LogP contribution < -0.4 is 15.4 Å². The Morgan fingerprint density at radius 3 is 2.57 bits per heavy atom. The Hall–Kier alpha value is -2.57. The summed E-state index contributed by atoms with van der Waals surface area (Å²) in [7, 11) is 1.63. The lowest BCUT2D eigenvalue weighted by molar-refractivity contribution is -0.121. The summed E-state index contributed by atoms with van der Waals surface area (Å²) >= 11 is 0. The summed E-state index contributed by atoms with van der Waals surface area (Å²) in [4.78, 5) is 16.2. The molecule has 0 unspecified atom stereocenters. The van der Waals surface area contributed by atoms with Gasteiger partial charge in [-0.2, -0.15) is 5.10 Å². The van der Waals surface area contributed by atoms with Crippen LogP contribution in [0.1, 0.15) is 32.4 Å². The minimum atomic E-state index is -0.258. The van der Waals surface area contributed by atoms with Crippen LogP contribution in [0.5, 0.6) is 5.75 Å². The van der Waals surface area contributed by atoms with E-state index in [1.165, 1.54) is 0 Å². The van der Waals surface area contributed by atoms with Crippen LogP contribution in [0, 0.1) is 0 Å². The van der Waals surface area contributed by atoms with Crippen molar-refractivity contribution in [1.29, 1.82) is 0 Å². The number of rotatable bonds is 6. The van der Waals surface area contributed by atoms with Gasteiger partial charge in [0.15, 0.2) is 5.82 Å². The lowest BCUT2D eigenvalue weighted by Crippen LogP contribution is -2.41. The van der Waals surface area contributed by atoms with Crippen molar-refractivity contribution in [2.24, 2.45) is 0 Å². The molecule has 1 heterocycles. The van der Waals surface area contributed by atoms with Crippen molar-refractivity contribution in [2.45, 2.75) is 39.3 Å². The number of carbonyl (C=O) groups is 1. The SMILES string of the molecule is COc1ccc(NCc2nc(CC(=O)NC(C)(C)C)n[nH]2)cc1. The molecule has 23 heavy (non-hydrogen) atoms. The van der Waals surface area contributed by atoms with E-state index < -0.39 is 0 Å². The van der Waals surface area contributed by atoms with Crippen molar-refractivity contribution < 1.29 is 9.53 Å². The van der Waals surface area contributed by atoms with E-state index in [1.54, 1.807) is 7.11 Å². The normalized spacial score (nSPS) is 11.1. The molecule has 0 aliphatic heterocycles. The highest BCUT2D eigenvalue weighted by Gasteiger charge is 2.15. The molecule has 0 spiro atoms. The molecule has 0 saturated heterocycles. The Morgan fingerprint density at radius 2 is 1.96 bits per heavy atom. The second kappa shape index (κ2) is 7.13. The van der Waals surface area contributed by atoms with E-state index in [0.717, 1.165) is 11.4 Å². The molecule has 0 aliphatic rings. The predicted molar refractivity (Wildman–Crippen MR) is 88.3 cm³/mol. The zero-order valence-corrected chi connectivity index (χ0v) is 13.9. The second-order valence-corrected chi connectivity index (χ2v) is 6.26. The highest BCUT2D eigenvalue weighted by atomic mass is 16.5. The third kappa shape index (κ3) is 5.61. The number of nitrogens with zero attached hydrogens (tertiary/aromatic N) is 2. The molecule has 1 aromatic heterocycles. The van der Waals surface area contributed by atoms with Crippen molar-refractivity contribution in [1.82, 2.24) is 20.5 Å². The molecule has 0 bridgehead atoms. The first-order chi connectivity index (χ1) is 10.9. The van der Waals surface area contributed by atoms with E-state index in [4.69, 9.17) is 4.74 Å². The van der Waals surface area contributed by atoms with Crippen LogP contribution in [0.2, 0.25) is 0 Å². The Labute approximate surface area is 135 Å². The van der Waals surface area contributed by atoms with E-state index in [2.05, 4.69) is 25.8 Å². The van der Waals surface area contributed by atoms with Crippen molar-refractivity contribution in [3.05, 3.63) is 35.9 Å². The molecule has 0 saturated carbocycles. The number of amides is 1. The summed E-state index contributed by atoms with van der Waals surface area (Å²) in [6, 6.07) is 7.61. The number of aromatic amines is 1. The smallest absolute Gasteiger partial charge is 0.228 e. The maximum atomic E-state index is 11.8. The highest BCUT2D eigenvalue weighted by molar-refractivity contribution is 5.78. The maximum Gasteiger partial charge on any atom is 0.228 e. The molecular formula is C16H23N5O2. The number of ether oxygens (including phenoxy) is 1. The second-order valence-electron chi connectivity index (χ2n) is 6.26. The molecule has 2 aromatic rings. The molecule has 7 nitrogen and oxygen atoms in total. The average molecular weight is 317 g/mol. The Morgan fingerprint density at radius 1 is 1.26 bits per heavy atom. The number of H-pyrrole nitrogens is 1. The number of benzene rings is 1. The van der Waals surface area contributed by atoms with Gasteiger partial charge in [0.2, 0.25) is 5.91 Å². The van der Waals surface area contributed by atoms with Crippen molar-refractivity contribution in [3.8, 4) is 5.75 Å². The minimum absolute atomic E-state index is 0.0915. The highest BCUT2D eigenvalue weighted by Crippen LogP contribution is 2.15. The fraction of sp³-hybridized carbons (Fsp3) is 0.438. The molecular weight excluding hydrogens is 294 g/mol. The lowest BCUT2D eigenvalue weighted by Gasteiger charge is -2.19. The van der Waals surface area contributed by atoms with Gasteiger partial charge in [0.25, 0.3) is 0 Å². The molecule has 0 fully saturated rings. The standard InChI is InChI=1S/C16H23N5O2/c1-16(2,3)19-15(22)9-13-18-14(21-20-13)10-17-11-5-7-12(23-4)8-6-11/h5-8,17H,9-10H2,1-4H3,(H,19,22)(H,18,20,21). The topological polar surface area (TPSA) is 91.9 Å². The number of carbonyl (C=O) groups excluding carboxylic acids is 1. The molecule has 3 N–H and O–H groups in total. The summed E-state index contributed by atoms with van der Waals surface area (Å²) in [6.07, 6.45) is 0.163. The molecule has 1 aromatic carbocycles. The van der Waals surface area contributed by atoms with Crippen LogP contribution in [0.15, 0.2) is 24.3 Å². The van der Waals surface area contributed by atoms with E-state index in [0.29, 0.717) is 18.2 Å². The van der Waals surface area contributed by atoms with Crippen LogP contribution >= 0.6 is 0 Å². The molecule has 0 aliphatic carbocycles. The van der Waals surface area contributed by atoms with Gasteiger partial charge in [-0.25, -0.2) is 4.98 Å². The molecule has 7 heteroatoms. The quantitative estimate of drug-likeness (QED) is 0.756. The summed E-state index contributed by atoms with van der Waals surface area (Å²) in [5.41, 5.74) is 0.695. The van der Waals surface area contributed by atoms with Crippen LogP contribution in [0.25, 0.3) is 0 Å². The van der Waals surface area contributed by atoms with Crippen LogP contribution in [0.4, 0.5) is 5.69 Å². The van der Waals surface area contributed by atoms with E-state index in [9.17, 15) is 4.79 Å². The number of hydrogen-bond donors (Lipinski definition) is 3. The van der Waals surface area contributed by atoms with E-state index in [1.807, 2.05) is 45.0 Å². The van der Waals surface area contributed by atoms with E-state index in [-0.39, 0.29) is 17.9 Å². The van der Waals surface area contributed by atoms with Gasteiger partial charge in [-0.15, -0.1) is 0 Å². The zero-order valence-electron chi connectivity index (χ0n) is 13.9. The third-order valence-electron chi connectivity index (χ3n) is 2.96. The molecule has 124 valence electrons. The average Bonchev–Trinajstić information content (AvgIpc) is 2.91. The first-order valence-electron chi connectivity index (χ1n) is 7.45. The minimum Gasteiger partial charge on any atom is -0.497 e. The van der Waals surface area contributed by atoms with Crippen LogP contribution in [0.3, 0.4) is 0 Å². The maximum absolute atomic E-state index is 11.8. The van der Waals surface area contributed by atoms with Gasteiger partial charge in [0.1, 0.15) is 11.6 Å². The predicted octanol–water partition coefficient (Wildman–Crippen LogP) is 1.88. The lowest BCUT2D eigenvalue weighted by atomic mass is 10.1. The first kappa shape index (κ1) is 16.8. The summed E-state index contributed by atoms with van der Waals surface area (Å²) in [5, 5.41) is 13.0. The van der Waals surface area contributed by atoms with Gasteiger partial charge in [-0.05, 0) is 45.0 Å². The third-order valence-corrected chi connectivity index (χ3v) is 2.96. The Kier molecular flexibility index (Phi) is 5.20. The summed E-state index contributed by atoms with van der Waals surface area (Å²) in [5.74, 6) is 1.88. The van der Waals surface area contributed by atoms with E-state index >= 15 is 0 Å². The number of aromatic nitrogens is 3. The van der Waals surface area contributed by atoms with Crippen molar-refractivity contribution >= 4 is 11.6 Å². The summed E-state index contributed by atoms with van der Waals surface area (Å²) < 4.78 is 5.11. The molecule has 0 atom stereocenters. The van der Waals surface area contributed by atoms with Gasteiger partial charge in [0.05, 0.1) is 20.1 Å². The first-order valence-corrected chi connectivity index (χ1v) is 7.45. The van der Waals surface area contributed by atoms with Gasteiger partial charge < -0.3 is 15.4 Å². The van der Waals surface area contributed by atoms with Gasteiger partial charge in [0, 0.05) is 11.2 Å². The van der Waals surface area contributed by atoms with Gasteiger partial charge in [-0.3, -0.25) is 9.89 Å². The Balaban J connectivity index is 1.85. The van der Waals surface area contributed by atoms with Gasteiger partial charge >= 0.3 is 0 Å². The van der Waals surface area contributed by atoms with Crippen LogP contribution in [-0.4, -0.2) is 33.7 Å². The fourth-order valence-corrected chi connectivity index (χ4v) is 1.99. The molecule has 2 rings (SSSR count). The monoisotopic (exact) mass is 317 g/mol. The number of anilines is 1. The number of nitrogens with one attached hydrogen (secondary N) is 3. The van der Waals surface area contributed by atoms with Crippen LogP contribution in [-0.2, 0) is 17.8 Å². The molecule has 1 amide bonds. The van der Waals surface area contributed by atoms with Crippen molar-refractivity contribution in [2.75, 3.05) is 12.4 Å². The zero-order chi connectivity index (χ0) is 16.9. The number of methoxy groups -OCH3 is 1. The van der Waals surface area contributed by atoms with Crippen molar-refractivity contribution in [3.63, 3.8) is 0 Å². The van der Waals surface area contributed by atoms with Gasteiger partial charge in [-0.1, -0.05) is 0 Å².